The molecular formula is C15H22FNO. The number of hydrogen-bond donors (Lipinski definition) is 1. The van der Waals surface area contributed by atoms with Gasteiger partial charge in [0, 0.05) is 12.0 Å². The maximum absolute atomic E-state index is 13.6. The van der Waals surface area contributed by atoms with Gasteiger partial charge in [0.15, 0.2) is 0 Å². The molecule has 1 N–H and O–H groups in total. The van der Waals surface area contributed by atoms with Crippen molar-refractivity contribution in [2.75, 3.05) is 14.1 Å². The highest BCUT2D eigenvalue weighted by molar-refractivity contribution is 5.19. The van der Waals surface area contributed by atoms with E-state index in [1.165, 1.54) is 6.07 Å². The van der Waals surface area contributed by atoms with E-state index in [2.05, 4.69) is 4.90 Å². The van der Waals surface area contributed by atoms with E-state index in [0.29, 0.717) is 12.0 Å². The largest absolute Gasteiger partial charge is 0.391 e. The van der Waals surface area contributed by atoms with Crippen molar-refractivity contribution in [2.45, 2.75) is 43.7 Å². The highest BCUT2D eigenvalue weighted by Gasteiger charge is 2.42. The van der Waals surface area contributed by atoms with Crippen LogP contribution in [0.4, 0.5) is 4.39 Å². The van der Waals surface area contributed by atoms with Crippen LogP contribution in [-0.4, -0.2) is 35.7 Å². The van der Waals surface area contributed by atoms with E-state index in [1.807, 2.05) is 20.2 Å². The molecule has 1 saturated carbocycles. The first-order valence-corrected chi connectivity index (χ1v) is 6.65. The summed E-state index contributed by atoms with van der Waals surface area (Å²) in [5.41, 5.74) is 0.431. The Kier molecular flexibility index (Phi) is 4.03. The fourth-order valence-electron chi connectivity index (χ4n) is 3.13. The minimum atomic E-state index is -0.508. The van der Waals surface area contributed by atoms with Crippen molar-refractivity contribution in [1.29, 1.82) is 0 Å². The predicted molar refractivity (Wildman–Crippen MR) is 71.0 cm³/mol. The first kappa shape index (κ1) is 13.5. The zero-order valence-corrected chi connectivity index (χ0v) is 11.2. The monoisotopic (exact) mass is 251 g/mol. The number of aliphatic hydroxyl groups is 1. The Balaban J connectivity index is 2.16. The van der Waals surface area contributed by atoms with E-state index in [4.69, 9.17) is 0 Å². The molecule has 1 unspecified atom stereocenters. The number of nitrogens with zero attached hydrogens (tertiary/aromatic N) is 1. The topological polar surface area (TPSA) is 23.5 Å². The second kappa shape index (κ2) is 5.37. The molecule has 0 spiro atoms. The van der Waals surface area contributed by atoms with Crippen molar-refractivity contribution < 1.29 is 9.50 Å². The number of benzene rings is 1. The van der Waals surface area contributed by atoms with Crippen LogP contribution in [0.25, 0.3) is 0 Å². The van der Waals surface area contributed by atoms with Gasteiger partial charge in [-0.15, -0.1) is 0 Å². The lowest BCUT2D eigenvalue weighted by Gasteiger charge is -2.40. The highest BCUT2D eigenvalue weighted by Crippen LogP contribution is 2.37. The van der Waals surface area contributed by atoms with Crippen molar-refractivity contribution in [3.63, 3.8) is 0 Å². The molecule has 18 heavy (non-hydrogen) atoms. The van der Waals surface area contributed by atoms with Gasteiger partial charge in [-0.1, -0.05) is 31.0 Å². The molecule has 1 aromatic rings. The Bertz CT molecular complexity index is 399. The number of aliphatic hydroxyl groups excluding tert-OH is 1. The van der Waals surface area contributed by atoms with Crippen LogP contribution in [0, 0.1) is 5.82 Å². The molecule has 0 bridgehead atoms. The summed E-state index contributed by atoms with van der Waals surface area (Å²) in [4.78, 5) is 2.12. The van der Waals surface area contributed by atoms with Gasteiger partial charge in [0.05, 0.1) is 6.10 Å². The third-order valence-corrected chi connectivity index (χ3v) is 4.35. The Morgan fingerprint density at radius 3 is 2.44 bits per heavy atom. The van der Waals surface area contributed by atoms with Crippen molar-refractivity contribution in [3.05, 3.63) is 35.6 Å². The van der Waals surface area contributed by atoms with Gasteiger partial charge in [0.25, 0.3) is 0 Å². The first-order valence-electron chi connectivity index (χ1n) is 6.65. The smallest absolute Gasteiger partial charge is 0.126 e. The average molecular weight is 251 g/mol. The fraction of sp³-hybridized carbons (Fsp3) is 0.600. The van der Waals surface area contributed by atoms with Gasteiger partial charge in [-0.25, -0.2) is 4.39 Å². The summed E-state index contributed by atoms with van der Waals surface area (Å²) >= 11 is 0. The minimum absolute atomic E-state index is 0.178. The summed E-state index contributed by atoms with van der Waals surface area (Å²) in [6, 6.07) is 6.72. The molecule has 0 saturated heterocycles. The van der Waals surface area contributed by atoms with E-state index < -0.39 is 6.10 Å². The van der Waals surface area contributed by atoms with Crippen LogP contribution < -0.4 is 0 Å². The van der Waals surface area contributed by atoms with Crippen LogP contribution in [0.2, 0.25) is 0 Å². The normalized spacial score (nSPS) is 20.3. The molecule has 0 amide bonds. The summed E-state index contributed by atoms with van der Waals surface area (Å²) in [6.07, 6.45) is 4.17. The summed E-state index contributed by atoms with van der Waals surface area (Å²) in [7, 11) is 4.02. The predicted octanol–water partition coefficient (Wildman–Crippen LogP) is 2.60. The molecule has 2 rings (SSSR count). The maximum Gasteiger partial charge on any atom is 0.126 e. The molecule has 0 radical (unpaired) electrons. The lowest BCUT2D eigenvalue weighted by molar-refractivity contribution is -0.00293. The standard InChI is InChI=1S/C15H22FNO/c1-17(2)15(9-5-6-10-15)14(18)11-12-7-3-4-8-13(12)16/h3-4,7-8,14,18H,5-6,9-11H2,1-2H3. The molecule has 1 aliphatic carbocycles. The second-order valence-corrected chi connectivity index (χ2v) is 5.52. The molecule has 100 valence electrons. The zero-order valence-electron chi connectivity index (χ0n) is 11.2. The van der Waals surface area contributed by atoms with Crippen LogP contribution in [0.3, 0.4) is 0 Å². The molecule has 3 heteroatoms. The van der Waals surface area contributed by atoms with Crippen LogP contribution >= 0.6 is 0 Å². The van der Waals surface area contributed by atoms with Crippen molar-refractivity contribution >= 4 is 0 Å². The molecule has 0 aromatic heterocycles. The average Bonchev–Trinajstić information content (AvgIpc) is 2.82. The highest BCUT2D eigenvalue weighted by atomic mass is 19.1. The summed E-state index contributed by atoms with van der Waals surface area (Å²) in [6.45, 7) is 0. The molecular weight excluding hydrogens is 229 g/mol. The van der Waals surface area contributed by atoms with Crippen LogP contribution in [0.5, 0.6) is 0 Å². The van der Waals surface area contributed by atoms with Crippen molar-refractivity contribution in [2.24, 2.45) is 0 Å². The molecule has 2 nitrogen and oxygen atoms in total. The number of hydrogen-bond acceptors (Lipinski definition) is 2. The molecule has 1 atom stereocenters. The summed E-state index contributed by atoms with van der Waals surface area (Å²) in [5.74, 6) is -0.219. The molecule has 1 aromatic carbocycles. The molecule has 0 aliphatic heterocycles. The quantitative estimate of drug-likeness (QED) is 0.889. The number of likely N-dealkylation sites (N-methyl/N-ethyl adjacent to an activating group) is 1. The van der Waals surface area contributed by atoms with Crippen LogP contribution in [0.1, 0.15) is 31.2 Å². The van der Waals surface area contributed by atoms with Gasteiger partial charge in [-0.05, 0) is 38.6 Å². The Morgan fingerprint density at radius 1 is 1.28 bits per heavy atom. The van der Waals surface area contributed by atoms with Gasteiger partial charge < -0.3 is 10.0 Å². The van der Waals surface area contributed by atoms with Gasteiger partial charge in [-0.2, -0.15) is 0 Å². The van der Waals surface area contributed by atoms with E-state index in [1.54, 1.807) is 12.1 Å². The molecule has 1 fully saturated rings. The number of halogens is 1. The van der Waals surface area contributed by atoms with E-state index in [-0.39, 0.29) is 11.4 Å². The fourth-order valence-corrected chi connectivity index (χ4v) is 3.13. The second-order valence-electron chi connectivity index (χ2n) is 5.52. The molecule has 1 aliphatic rings. The third-order valence-electron chi connectivity index (χ3n) is 4.35. The summed E-state index contributed by atoms with van der Waals surface area (Å²) in [5, 5.41) is 10.5. The minimum Gasteiger partial charge on any atom is -0.391 e. The Hall–Kier alpha value is -0.930. The van der Waals surface area contributed by atoms with Gasteiger partial charge in [0.1, 0.15) is 5.82 Å². The first-order chi connectivity index (χ1) is 8.56. The number of rotatable bonds is 4. The van der Waals surface area contributed by atoms with Crippen LogP contribution in [0.15, 0.2) is 24.3 Å². The third kappa shape index (κ3) is 2.43. The zero-order chi connectivity index (χ0) is 13.2. The van der Waals surface area contributed by atoms with E-state index >= 15 is 0 Å². The lowest BCUT2D eigenvalue weighted by atomic mass is 9.85. The van der Waals surface area contributed by atoms with E-state index in [0.717, 1.165) is 25.7 Å². The Labute approximate surface area is 108 Å². The van der Waals surface area contributed by atoms with Crippen molar-refractivity contribution in [3.8, 4) is 0 Å². The van der Waals surface area contributed by atoms with Crippen LogP contribution in [-0.2, 0) is 6.42 Å². The van der Waals surface area contributed by atoms with E-state index in [9.17, 15) is 9.50 Å². The van der Waals surface area contributed by atoms with Crippen molar-refractivity contribution in [1.82, 2.24) is 4.90 Å². The van der Waals surface area contributed by atoms with Gasteiger partial charge in [-0.3, -0.25) is 0 Å². The summed E-state index contributed by atoms with van der Waals surface area (Å²) < 4.78 is 13.6. The lowest BCUT2D eigenvalue weighted by Crippen LogP contribution is -2.52. The maximum atomic E-state index is 13.6. The molecule has 0 heterocycles. The Morgan fingerprint density at radius 2 is 1.89 bits per heavy atom. The SMILES string of the molecule is CN(C)C1(C(O)Cc2ccccc2F)CCCC1. The van der Waals surface area contributed by atoms with Gasteiger partial charge in [0.2, 0.25) is 0 Å². The van der Waals surface area contributed by atoms with Gasteiger partial charge >= 0.3 is 0 Å².